The van der Waals surface area contributed by atoms with Crippen LogP contribution in [0.25, 0.3) is 5.76 Å². The Morgan fingerprint density at radius 1 is 0.450 bits per heavy atom. The third-order valence-corrected chi connectivity index (χ3v) is 6.21. The molecule has 5 rings (SSSR count). The predicted molar refractivity (Wildman–Crippen MR) is 124 cm³/mol. The van der Waals surface area contributed by atoms with Gasteiger partial charge in [-0.15, -0.1) is 0 Å². The number of carbonyl (C=O) groups excluding carboxylic acids is 1. The minimum absolute atomic E-state index is 0.0261. The molecule has 0 aliphatic carbocycles. The molecule has 0 atom stereocenters. The minimum Gasteiger partial charge on any atom is -0.625 e. The number of halogens is 10. The second-order valence-electron chi connectivity index (χ2n) is 8.52. The van der Waals surface area contributed by atoms with Crippen LogP contribution in [0.3, 0.4) is 0 Å². The van der Waals surface area contributed by atoms with Gasteiger partial charge in [0.25, 0.3) is 5.78 Å². The summed E-state index contributed by atoms with van der Waals surface area (Å²) in [5.74, 6) is -27.4. The maximum atomic E-state index is 15.3. The number of benzene rings is 4. The van der Waals surface area contributed by atoms with Gasteiger partial charge in [0, 0.05) is 16.5 Å². The van der Waals surface area contributed by atoms with Crippen LogP contribution in [0.15, 0.2) is 66.7 Å². The second-order valence-corrected chi connectivity index (χ2v) is 8.52. The Hall–Kier alpha value is -4.55. The highest BCUT2D eigenvalue weighted by Gasteiger charge is 2.60. The molecule has 1 heterocycles. The summed E-state index contributed by atoms with van der Waals surface area (Å²) in [5.41, 5.74) is -4.15. The molecule has 1 aliphatic rings. The lowest BCUT2D eigenvalue weighted by Crippen LogP contribution is -2.66. The van der Waals surface area contributed by atoms with Crippen molar-refractivity contribution in [1.82, 2.24) is 0 Å². The third-order valence-electron chi connectivity index (χ3n) is 6.21. The highest BCUT2D eigenvalue weighted by Crippen LogP contribution is 2.32. The van der Waals surface area contributed by atoms with Gasteiger partial charge >= 0.3 is 6.55 Å². The van der Waals surface area contributed by atoms with Crippen molar-refractivity contribution >= 4 is 29.0 Å². The van der Waals surface area contributed by atoms with Gasteiger partial charge in [-0.1, -0.05) is 48.5 Å². The van der Waals surface area contributed by atoms with E-state index in [4.69, 9.17) is 9.00 Å². The van der Waals surface area contributed by atoms with Gasteiger partial charge in [0.05, 0.1) is 17.4 Å². The lowest BCUT2D eigenvalue weighted by Gasteiger charge is -2.34. The molecular formula is C27H11BF10O2. The molecule has 0 amide bonds. The van der Waals surface area contributed by atoms with Crippen LogP contribution in [0.2, 0.25) is 0 Å². The molecule has 4 aromatic rings. The number of hydrogen-bond acceptors (Lipinski definition) is 1. The first-order valence-corrected chi connectivity index (χ1v) is 11.2. The van der Waals surface area contributed by atoms with Crippen LogP contribution in [-0.2, 0) is 4.65 Å². The third kappa shape index (κ3) is 4.03. The maximum absolute atomic E-state index is 15.3. The molecule has 40 heavy (non-hydrogen) atoms. The van der Waals surface area contributed by atoms with Crippen molar-refractivity contribution in [1.29, 1.82) is 0 Å². The SMILES string of the molecule is Fc1c(F)c(F)c([B-]2(c3c(F)c(F)c(F)c(F)c3F)OC(c3ccccc3)=CC(c3ccccc3)=[O+]2)c(F)c1F. The summed E-state index contributed by atoms with van der Waals surface area (Å²) in [6, 6.07) is 14.1. The zero-order valence-electron chi connectivity index (χ0n) is 19.5. The van der Waals surface area contributed by atoms with Gasteiger partial charge in [-0.25, -0.2) is 43.9 Å². The van der Waals surface area contributed by atoms with E-state index in [1.165, 1.54) is 60.7 Å². The summed E-state index contributed by atoms with van der Waals surface area (Å²) in [7, 11) is 0. The summed E-state index contributed by atoms with van der Waals surface area (Å²) < 4.78 is 158. The molecule has 204 valence electrons. The summed E-state index contributed by atoms with van der Waals surface area (Å²) in [6.07, 6.45) is 1.06. The average Bonchev–Trinajstić information content (AvgIpc) is 2.98. The summed E-state index contributed by atoms with van der Waals surface area (Å²) in [4.78, 5) is 0. The smallest absolute Gasteiger partial charge is 0.625 e. The molecule has 1 aliphatic heterocycles. The average molecular weight is 568 g/mol. The lowest BCUT2D eigenvalue weighted by atomic mass is 9.45. The maximum Gasteiger partial charge on any atom is 0.661 e. The van der Waals surface area contributed by atoms with Crippen molar-refractivity contribution in [2.45, 2.75) is 0 Å². The monoisotopic (exact) mass is 568 g/mol. The highest BCUT2D eigenvalue weighted by atomic mass is 19.2. The molecule has 0 N–H and O–H groups in total. The zero-order chi connectivity index (χ0) is 28.9. The van der Waals surface area contributed by atoms with E-state index < -0.39 is 87.2 Å². The Morgan fingerprint density at radius 2 is 0.800 bits per heavy atom. The highest BCUT2D eigenvalue weighted by molar-refractivity contribution is 6.92. The van der Waals surface area contributed by atoms with Gasteiger partial charge in [-0.2, -0.15) is 0 Å². The Labute approximate surface area is 218 Å². The molecule has 2 nitrogen and oxygen atoms in total. The van der Waals surface area contributed by atoms with E-state index in [2.05, 4.69) is 0 Å². The van der Waals surface area contributed by atoms with E-state index in [-0.39, 0.29) is 11.1 Å². The van der Waals surface area contributed by atoms with Crippen LogP contribution in [-0.4, -0.2) is 12.3 Å². The molecule has 13 heteroatoms. The van der Waals surface area contributed by atoms with Gasteiger partial charge < -0.3 is 9.00 Å². The van der Waals surface area contributed by atoms with E-state index in [1.807, 2.05) is 0 Å². The van der Waals surface area contributed by atoms with Crippen LogP contribution < -0.4 is 10.9 Å². The molecule has 0 saturated heterocycles. The number of rotatable bonds is 4. The quantitative estimate of drug-likeness (QED) is 0.0956. The number of ketones is 1. The van der Waals surface area contributed by atoms with E-state index in [0.29, 0.717) is 0 Å². The van der Waals surface area contributed by atoms with Gasteiger partial charge in [-0.3, -0.25) is 0 Å². The van der Waals surface area contributed by atoms with Crippen LogP contribution in [0.4, 0.5) is 43.9 Å². The fourth-order valence-corrected chi connectivity index (χ4v) is 4.37. The predicted octanol–water partition coefficient (Wildman–Crippen LogP) is 6.12. The van der Waals surface area contributed by atoms with Crippen LogP contribution in [0.1, 0.15) is 15.5 Å². The fourth-order valence-electron chi connectivity index (χ4n) is 4.37. The largest absolute Gasteiger partial charge is 0.661 e. The summed E-state index contributed by atoms with van der Waals surface area (Å²) in [5, 5.41) is 0. The summed E-state index contributed by atoms with van der Waals surface area (Å²) in [6.45, 7) is -4.96. The number of hydrogen-bond donors (Lipinski definition) is 0. The normalized spacial score (nSPS) is 14.4. The molecule has 0 radical (unpaired) electrons. The fraction of sp³-hybridized carbons (Fsp3) is 0. The Bertz CT molecular complexity index is 1600. The molecular weight excluding hydrogens is 557 g/mol. The van der Waals surface area contributed by atoms with Crippen molar-refractivity contribution in [3.63, 3.8) is 0 Å². The molecule has 0 aromatic heterocycles. The Balaban J connectivity index is 2.00. The second kappa shape index (κ2) is 9.89. The molecule has 0 unspecified atom stereocenters. The summed E-state index contributed by atoms with van der Waals surface area (Å²) >= 11 is 0. The van der Waals surface area contributed by atoms with Crippen molar-refractivity contribution < 1.29 is 52.9 Å². The van der Waals surface area contributed by atoms with Crippen molar-refractivity contribution in [3.8, 4) is 0 Å². The Kier molecular flexibility index (Phi) is 6.68. The van der Waals surface area contributed by atoms with Gasteiger partial charge in [0.1, 0.15) is 23.3 Å². The van der Waals surface area contributed by atoms with Crippen LogP contribution in [0, 0.1) is 58.2 Å². The van der Waals surface area contributed by atoms with E-state index in [9.17, 15) is 26.3 Å². The van der Waals surface area contributed by atoms with Crippen molar-refractivity contribution in [2.75, 3.05) is 0 Å². The van der Waals surface area contributed by atoms with Crippen LogP contribution in [0.5, 0.6) is 0 Å². The number of allylic oxidation sites excluding steroid dienone is 1. The van der Waals surface area contributed by atoms with E-state index in [0.717, 1.165) is 6.08 Å². The molecule has 4 aromatic carbocycles. The lowest BCUT2D eigenvalue weighted by molar-refractivity contribution is -0.125. The topological polar surface area (TPSA) is 20.5 Å². The first-order chi connectivity index (χ1) is 19.0. The van der Waals surface area contributed by atoms with Crippen molar-refractivity contribution in [2.24, 2.45) is 0 Å². The van der Waals surface area contributed by atoms with E-state index >= 15 is 17.6 Å². The van der Waals surface area contributed by atoms with Crippen LogP contribution >= 0.6 is 0 Å². The van der Waals surface area contributed by atoms with Crippen molar-refractivity contribution in [3.05, 3.63) is 136 Å². The zero-order valence-corrected chi connectivity index (χ0v) is 19.5. The molecule has 0 spiro atoms. The first-order valence-electron chi connectivity index (χ1n) is 11.2. The minimum atomic E-state index is -4.96. The van der Waals surface area contributed by atoms with Gasteiger partial charge in [0.2, 0.25) is 0 Å². The molecule has 0 bridgehead atoms. The van der Waals surface area contributed by atoms with E-state index in [1.54, 1.807) is 0 Å². The van der Waals surface area contributed by atoms with Gasteiger partial charge in [-0.05, 0) is 12.1 Å². The standard InChI is InChI=1S/C27H11BF10O2/c29-18-16(19(30)23(34)26(37)22(18)33)28(17-20(31)24(35)27(38)25(36)21(17)32)39-14(12-7-3-1-4-8-12)11-15(40-28)13-9-5-2-6-10-13/h1-11H. The Morgan fingerprint density at radius 3 is 1.20 bits per heavy atom. The first kappa shape index (κ1) is 27.0. The van der Waals surface area contributed by atoms with Gasteiger partial charge in [0.15, 0.2) is 34.9 Å². The molecule has 0 saturated carbocycles. The molecule has 0 fully saturated rings.